The van der Waals surface area contributed by atoms with Crippen LogP contribution in [0.25, 0.3) is 11.1 Å². The van der Waals surface area contributed by atoms with Crippen molar-refractivity contribution in [1.29, 1.82) is 0 Å². The Morgan fingerprint density at radius 1 is 0.714 bits per heavy atom. The maximum Gasteiger partial charge on any atom is 0.165 e. The van der Waals surface area contributed by atoms with Crippen molar-refractivity contribution >= 4 is 0 Å². The average molecular weight is 387 g/mol. The SMILES string of the molecule is COc1cc(C)cc(-c2cc(C(C(C)C)C(C)C(C)C)cc(OC)c2O)c1O. The molecule has 2 aromatic carbocycles. The van der Waals surface area contributed by atoms with Crippen LogP contribution in [0.3, 0.4) is 0 Å². The average Bonchev–Trinajstić information content (AvgIpc) is 2.64. The number of benzene rings is 2. The van der Waals surface area contributed by atoms with Gasteiger partial charge in [0.15, 0.2) is 23.0 Å². The lowest BCUT2D eigenvalue weighted by atomic mass is 9.74. The molecule has 0 aromatic heterocycles. The smallest absolute Gasteiger partial charge is 0.165 e. The summed E-state index contributed by atoms with van der Waals surface area (Å²) < 4.78 is 10.8. The molecule has 2 N–H and O–H groups in total. The molecule has 0 spiro atoms. The van der Waals surface area contributed by atoms with Crippen molar-refractivity contribution in [2.24, 2.45) is 17.8 Å². The van der Waals surface area contributed by atoms with Crippen molar-refractivity contribution in [1.82, 2.24) is 0 Å². The first-order chi connectivity index (χ1) is 13.1. The number of hydrogen-bond acceptors (Lipinski definition) is 4. The summed E-state index contributed by atoms with van der Waals surface area (Å²) in [5, 5.41) is 21.6. The van der Waals surface area contributed by atoms with Gasteiger partial charge < -0.3 is 19.7 Å². The van der Waals surface area contributed by atoms with Crippen LogP contribution in [0.5, 0.6) is 23.0 Å². The van der Waals surface area contributed by atoms with Crippen molar-refractivity contribution in [2.75, 3.05) is 14.2 Å². The molecule has 2 atom stereocenters. The first kappa shape index (κ1) is 21.9. The molecule has 0 amide bonds. The molecule has 0 aliphatic carbocycles. The molecule has 0 bridgehead atoms. The summed E-state index contributed by atoms with van der Waals surface area (Å²) in [5.41, 5.74) is 3.12. The minimum absolute atomic E-state index is 0.0145. The highest BCUT2D eigenvalue weighted by Gasteiger charge is 2.28. The lowest BCUT2D eigenvalue weighted by molar-refractivity contribution is 0.288. The quantitative estimate of drug-likeness (QED) is 0.601. The molecule has 4 nitrogen and oxygen atoms in total. The summed E-state index contributed by atoms with van der Waals surface area (Å²) in [6.07, 6.45) is 0. The van der Waals surface area contributed by atoms with Gasteiger partial charge in [0.25, 0.3) is 0 Å². The number of aromatic hydroxyl groups is 2. The van der Waals surface area contributed by atoms with Crippen molar-refractivity contribution in [3.63, 3.8) is 0 Å². The van der Waals surface area contributed by atoms with Gasteiger partial charge in [0.05, 0.1) is 14.2 Å². The van der Waals surface area contributed by atoms with E-state index in [1.807, 2.05) is 25.1 Å². The molecule has 0 saturated heterocycles. The van der Waals surface area contributed by atoms with E-state index in [4.69, 9.17) is 9.47 Å². The van der Waals surface area contributed by atoms with Crippen LogP contribution in [0.2, 0.25) is 0 Å². The molecular formula is C24H34O4. The van der Waals surface area contributed by atoms with E-state index in [1.54, 1.807) is 13.2 Å². The summed E-state index contributed by atoms with van der Waals surface area (Å²) in [5.74, 6) is 2.51. The molecule has 0 aliphatic rings. The van der Waals surface area contributed by atoms with Crippen molar-refractivity contribution in [3.8, 4) is 34.1 Å². The number of aryl methyl sites for hydroxylation is 1. The van der Waals surface area contributed by atoms with Crippen LogP contribution in [0.1, 0.15) is 51.7 Å². The van der Waals surface area contributed by atoms with Gasteiger partial charge in [-0.2, -0.15) is 0 Å². The van der Waals surface area contributed by atoms with E-state index >= 15 is 0 Å². The van der Waals surface area contributed by atoms with Gasteiger partial charge >= 0.3 is 0 Å². The maximum absolute atomic E-state index is 10.8. The van der Waals surface area contributed by atoms with Crippen molar-refractivity contribution < 1.29 is 19.7 Å². The number of methoxy groups -OCH3 is 2. The van der Waals surface area contributed by atoms with E-state index in [9.17, 15) is 10.2 Å². The molecule has 0 heterocycles. The standard InChI is InChI=1S/C24H34O4/c1-13(2)16(6)22(14(3)4)17-11-19(24(26)21(12-17)28-8)18-9-15(5)10-20(27-7)23(18)25/h9-14,16,22,25-26H,1-8H3. The van der Waals surface area contributed by atoms with Crippen LogP contribution in [0.4, 0.5) is 0 Å². The molecule has 2 aromatic rings. The van der Waals surface area contributed by atoms with E-state index in [0.717, 1.165) is 11.1 Å². The monoisotopic (exact) mass is 386 g/mol. The fourth-order valence-corrected chi connectivity index (χ4v) is 4.00. The molecule has 0 saturated carbocycles. The molecule has 0 radical (unpaired) electrons. The summed E-state index contributed by atoms with van der Waals surface area (Å²) in [6.45, 7) is 13.1. The highest BCUT2D eigenvalue weighted by Crippen LogP contribution is 2.48. The van der Waals surface area contributed by atoms with Crippen molar-refractivity contribution in [3.05, 3.63) is 35.4 Å². The van der Waals surface area contributed by atoms with Gasteiger partial charge in [0.2, 0.25) is 0 Å². The molecule has 2 rings (SSSR count). The number of ether oxygens (including phenoxy) is 2. The van der Waals surface area contributed by atoms with Crippen molar-refractivity contribution in [2.45, 2.75) is 47.5 Å². The summed E-state index contributed by atoms with van der Waals surface area (Å²) in [4.78, 5) is 0. The fourth-order valence-electron chi connectivity index (χ4n) is 4.00. The first-order valence-electron chi connectivity index (χ1n) is 9.91. The van der Waals surface area contributed by atoms with E-state index in [1.165, 1.54) is 7.11 Å². The third-order valence-corrected chi connectivity index (χ3v) is 5.77. The summed E-state index contributed by atoms with van der Waals surface area (Å²) in [7, 11) is 3.07. The van der Waals surface area contributed by atoms with Crippen LogP contribution in [0, 0.1) is 24.7 Å². The summed E-state index contributed by atoms with van der Waals surface area (Å²) in [6, 6.07) is 7.53. The highest BCUT2D eigenvalue weighted by molar-refractivity contribution is 5.81. The van der Waals surface area contributed by atoms with Crippen LogP contribution in [0.15, 0.2) is 24.3 Å². The van der Waals surface area contributed by atoms with E-state index in [2.05, 4.69) is 34.6 Å². The number of hydrogen-bond donors (Lipinski definition) is 2. The Labute approximate surface area is 169 Å². The van der Waals surface area contributed by atoms with Crippen LogP contribution in [-0.2, 0) is 0 Å². The number of rotatable bonds is 7. The van der Waals surface area contributed by atoms with Gasteiger partial charge in [-0.1, -0.05) is 34.6 Å². The second kappa shape index (κ2) is 8.76. The zero-order chi connectivity index (χ0) is 21.2. The molecule has 0 fully saturated rings. The lowest BCUT2D eigenvalue weighted by Crippen LogP contribution is -2.20. The van der Waals surface area contributed by atoms with Gasteiger partial charge in [0, 0.05) is 11.1 Å². The molecular weight excluding hydrogens is 352 g/mol. The minimum atomic E-state index is 0.0145. The Morgan fingerprint density at radius 3 is 1.68 bits per heavy atom. The Bertz CT molecular complexity index is 824. The Hall–Kier alpha value is -2.36. The zero-order valence-corrected chi connectivity index (χ0v) is 18.3. The van der Waals surface area contributed by atoms with Gasteiger partial charge in [-0.05, 0) is 66.0 Å². The number of phenolic OH excluding ortho intramolecular Hbond substituents is 2. The summed E-state index contributed by atoms with van der Waals surface area (Å²) >= 11 is 0. The van der Waals surface area contributed by atoms with E-state index in [-0.39, 0.29) is 11.5 Å². The van der Waals surface area contributed by atoms with Crippen LogP contribution in [-0.4, -0.2) is 24.4 Å². The Morgan fingerprint density at radius 2 is 1.21 bits per heavy atom. The van der Waals surface area contributed by atoms with Gasteiger partial charge in [-0.15, -0.1) is 0 Å². The Balaban J connectivity index is 2.77. The highest BCUT2D eigenvalue weighted by atomic mass is 16.5. The van der Waals surface area contributed by atoms with Gasteiger partial charge in [-0.25, -0.2) is 0 Å². The van der Waals surface area contributed by atoms with Crippen LogP contribution >= 0.6 is 0 Å². The molecule has 4 heteroatoms. The third-order valence-electron chi connectivity index (χ3n) is 5.77. The molecule has 2 unspecified atom stereocenters. The molecule has 28 heavy (non-hydrogen) atoms. The third kappa shape index (κ3) is 4.21. The maximum atomic E-state index is 10.8. The second-order valence-electron chi connectivity index (χ2n) is 8.36. The van der Waals surface area contributed by atoms with Gasteiger partial charge in [0.1, 0.15) is 0 Å². The van der Waals surface area contributed by atoms with E-state index in [0.29, 0.717) is 46.3 Å². The predicted octanol–water partition coefficient (Wildman–Crippen LogP) is 6.12. The Kier molecular flexibility index (Phi) is 6.87. The second-order valence-corrected chi connectivity index (χ2v) is 8.36. The van der Waals surface area contributed by atoms with Gasteiger partial charge in [-0.3, -0.25) is 0 Å². The molecule has 0 aliphatic heterocycles. The van der Waals surface area contributed by atoms with E-state index < -0.39 is 0 Å². The predicted molar refractivity (Wildman–Crippen MR) is 115 cm³/mol. The molecule has 154 valence electrons. The normalized spacial score (nSPS) is 13.6. The first-order valence-corrected chi connectivity index (χ1v) is 9.91. The topological polar surface area (TPSA) is 58.9 Å². The minimum Gasteiger partial charge on any atom is -0.504 e. The lowest BCUT2D eigenvalue weighted by Gasteiger charge is -2.31. The van der Waals surface area contributed by atoms with Crippen LogP contribution < -0.4 is 9.47 Å². The fraction of sp³-hybridized carbons (Fsp3) is 0.500. The number of phenols is 2. The largest absolute Gasteiger partial charge is 0.504 e. The zero-order valence-electron chi connectivity index (χ0n) is 18.3.